The molecule has 1 aromatic carbocycles. The zero-order valence-corrected chi connectivity index (χ0v) is 12.4. The van der Waals surface area contributed by atoms with E-state index >= 15 is 0 Å². The zero-order valence-electron chi connectivity index (χ0n) is 12.4. The molecule has 0 bridgehead atoms. The highest BCUT2D eigenvalue weighted by Gasteiger charge is 2.19. The number of para-hydroxylation sites is 1. The molecule has 0 unspecified atom stereocenters. The highest BCUT2D eigenvalue weighted by atomic mass is 16.5. The molecule has 1 aliphatic heterocycles. The van der Waals surface area contributed by atoms with Crippen LogP contribution in [0.1, 0.15) is 24.8 Å². The first-order valence-corrected chi connectivity index (χ1v) is 7.40. The predicted molar refractivity (Wildman–Crippen MR) is 80.1 cm³/mol. The lowest BCUT2D eigenvalue weighted by Gasteiger charge is -2.19. The Morgan fingerprint density at radius 3 is 3.00 bits per heavy atom. The predicted octanol–water partition coefficient (Wildman–Crippen LogP) is 1.50. The van der Waals surface area contributed by atoms with Crippen molar-refractivity contribution in [3.63, 3.8) is 0 Å². The van der Waals surface area contributed by atoms with Crippen LogP contribution in [-0.4, -0.2) is 43.0 Å². The number of aryl methyl sites for hydroxylation is 1. The molecule has 1 aliphatic rings. The average Bonchev–Trinajstić information content (AvgIpc) is 2.70. The molecule has 0 radical (unpaired) electrons. The van der Waals surface area contributed by atoms with Gasteiger partial charge < -0.3 is 15.0 Å². The number of rotatable bonds is 5. The minimum Gasteiger partial charge on any atom is -0.493 e. The van der Waals surface area contributed by atoms with Gasteiger partial charge in [0.2, 0.25) is 11.8 Å². The molecule has 2 rings (SSSR count). The van der Waals surface area contributed by atoms with Gasteiger partial charge in [-0.15, -0.1) is 0 Å². The topological polar surface area (TPSA) is 58.6 Å². The van der Waals surface area contributed by atoms with Gasteiger partial charge in [0.05, 0.1) is 13.2 Å². The summed E-state index contributed by atoms with van der Waals surface area (Å²) in [5.41, 5.74) is 1.09. The van der Waals surface area contributed by atoms with Crippen LogP contribution in [0.5, 0.6) is 5.75 Å². The van der Waals surface area contributed by atoms with Crippen LogP contribution < -0.4 is 10.1 Å². The number of nitrogens with zero attached hydrogens (tertiary/aromatic N) is 1. The van der Waals surface area contributed by atoms with E-state index in [2.05, 4.69) is 5.32 Å². The lowest BCUT2D eigenvalue weighted by atomic mass is 10.2. The highest BCUT2D eigenvalue weighted by molar-refractivity contribution is 5.85. The van der Waals surface area contributed by atoms with Crippen LogP contribution in [0.15, 0.2) is 24.3 Å². The third kappa shape index (κ3) is 4.77. The van der Waals surface area contributed by atoms with Crippen molar-refractivity contribution in [3.8, 4) is 5.75 Å². The van der Waals surface area contributed by atoms with E-state index in [0.717, 1.165) is 17.7 Å². The Morgan fingerprint density at radius 1 is 1.38 bits per heavy atom. The van der Waals surface area contributed by atoms with Crippen LogP contribution in [0.4, 0.5) is 0 Å². The Bertz CT molecular complexity index is 502. The van der Waals surface area contributed by atoms with Gasteiger partial charge in [-0.05, 0) is 31.4 Å². The van der Waals surface area contributed by atoms with Crippen LogP contribution in [-0.2, 0) is 9.59 Å². The molecule has 1 aromatic rings. The fourth-order valence-electron chi connectivity index (χ4n) is 2.30. The number of carbonyl (C=O) groups excluding carboxylic acids is 2. The third-order valence-electron chi connectivity index (χ3n) is 3.50. The van der Waals surface area contributed by atoms with E-state index in [1.807, 2.05) is 31.2 Å². The summed E-state index contributed by atoms with van der Waals surface area (Å²) >= 11 is 0. The Balaban J connectivity index is 1.71. The molecule has 0 aromatic heterocycles. The Morgan fingerprint density at radius 2 is 2.19 bits per heavy atom. The molecule has 0 aliphatic carbocycles. The Labute approximate surface area is 125 Å². The monoisotopic (exact) mass is 290 g/mol. The van der Waals surface area contributed by atoms with Crippen LogP contribution >= 0.6 is 0 Å². The SMILES string of the molecule is Cc1ccccc1OCCCC(=O)N1CCCNC(=O)C1. The third-order valence-corrected chi connectivity index (χ3v) is 3.50. The second-order valence-electron chi connectivity index (χ2n) is 5.24. The molecular weight excluding hydrogens is 268 g/mol. The number of carbonyl (C=O) groups is 2. The van der Waals surface area contributed by atoms with Gasteiger partial charge in [-0.25, -0.2) is 0 Å². The second kappa shape index (κ2) is 7.67. The molecular formula is C16H22N2O3. The average molecular weight is 290 g/mol. The van der Waals surface area contributed by atoms with Gasteiger partial charge in [-0.1, -0.05) is 18.2 Å². The summed E-state index contributed by atoms with van der Waals surface area (Å²) in [6.45, 7) is 3.99. The summed E-state index contributed by atoms with van der Waals surface area (Å²) in [5, 5.41) is 2.77. The number of nitrogens with one attached hydrogen (secondary N) is 1. The van der Waals surface area contributed by atoms with Crippen molar-refractivity contribution in [1.29, 1.82) is 0 Å². The van der Waals surface area contributed by atoms with Crippen molar-refractivity contribution in [2.24, 2.45) is 0 Å². The van der Waals surface area contributed by atoms with Crippen molar-refractivity contribution in [2.45, 2.75) is 26.2 Å². The molecule has 0 saturated carbocycles. The molecule has 5 nitrogen and oxygen atoms in total. The van der Waals surface area contributed by atoms with Crippen LogP contribution in [0.2, 0.25) is 0 Å². The van der Waals surface area contributed by atoms with E-state index in [0.29, 0.717) is 32.5 Å². The summed E-state index contributed by atoms with van der Waals surface area (Å²) in [5.74, 6) is 0.816. The largest absolute Gasteiger partial charge is 0.493 e. The van der Waals surface area contributed by atoms with Gasteiger partial charge in [0.1, 0.15) is 5.75 Å². The standard InChI is InChI=1S/C16H22N2O3/c1-13-6-2-3-7-14(13)21-11-4-8-16(20)18-10-5-9-17-15(19)12-18/h2-3,6-7H,4-5,8-12H2,1H3,(H,17,19). The molecule has 0 spiro atoms. The number of hydrogen-bond acceptors (Lipinski definition) is 3. The molecule has 1 fully saturated rings. The molecule has 1 saturated heterocycles. The first kappa shape index (κ1) is 15.4. The quantitative estimate of drug-likeness (QED) is 0.836. The van der Waals surface area contributed by atoms with Crippen molar-refractivity contribution >= 4 is 11.8 Å². The van der Waals surface area contributed by atoms with Crippen LogP contribution in [0.25, 0.3) is 0 Å². The van der Waals surface area contributed by atoms with E-state index < -0.39 is 0 Å². The Hall–Kier alpha value is -2.04. The number of hydrogen-bond donors (Lipinski definition) is 1. The minimum atomic E-state index is -0.0722. The van der Waals surface area contributed by atoms with E-state index in [1.165, 1.54) is 0 Å². The summed E-state index contributed by atoms with van der Waals surface area (Å²) in [4.78, 5) is 25.1. The van der Waals surface area contributed by atoms with Gasteiger partial charge in [0.25, 0.3) is 0 Å². The van der Waals surface area contributed by atoms with Gasteiger partial charge in [-0.3, -0.25) is 9.59 Å². The second-order valence-corrected chi connectivity index (χ2v) is 5.24. The number of amides is 2. The van der Waals surface area contributed by atoms with Crippen molar-refractivity contribution in [3.05, 3.63) is 29.8 Å². The van der Waals surface area contributed by atoms with E-state index in [9.17, 15) is 9.59 Å². The maximum absolute atomic E-state index is 12.1. The first-order valence-electron chi connectivity index (χ1n) is 7.40. The van der Waals surface area contributed by atoms with Gasteiger partial charge >= 0.3 is 0 Å². The maximum atomic E-state index is 12.1. The molecule has 0 atom stereocenters. The summed E-state index contributed by atoms with van der Waals surface area (Å²) in [7, 11) is 0. The van der Waals surface area contributed by atoms with Crippen molar-refractivity contribution < 1.29 is 14.3 Å². The number of benzene rings is 1. The normalized spacial score (nSPS) is 15.3. The van der Waals surface area contributed by atoms with Crippen molar-refractivity contribution in [2.75, 3.05) is 26.2 Å². The van der Waals surface area contributed by atoms with Gasteiger partial charge in [-0.2, -0.15) is 0 Å². The lowest BCUT2D eigenvalue weighted by molar-refractivity contribution is -0.135. The summed E-state index contributed by atoms with van der Waals surface area (Å²) < 4.78 is 5.67. The summed E-state index contributed by atoms with van der Waals surface area (Å²) in [6.07, 6.45) is 1.89. The minimum absolute atomic E-state index is 0.0282. The molecule has 21 heavy (non-hydrogen) atoms. The van der Waals surface area contributed by atoms with E-state index in [-0.39, 0.29) is 18.4 Å². The summed E-state index contributed by atoms with van der Waals surface area (Å²) in [6, 6.07) is 7.83. The van der Waals surface area contributed by atoms with E-state index in [1.54, 1.807) is 4.90 Å². The fraction of sp³-hybridized carbons (Fsp3) is 0.500. The lowest BCUT2D eigenvalue weighted by Crippen LogP contribution is -2.37. The smallest absolute Gasteiger partial charge is 0.239 e. The first-order chi connectivity index (χ1) is 10.2. The Kier molecular flexibility index (Phi) is 5.60. The van der Waals surface area contributed by atoms with Crippen LogP contribution in [0.3, 0.4) is 0 Å². The van der Waals surface area contributed by atoms with Gasteiger partial charge in [0.15, 0.2) is 0 Å². The number of ether oxygens (including phenoxy) is 1. The molecule has 1 N–H and O–H groups in total. The molecule has 5 heteroatoms. The fourth-order valence-corrected chi connectivity index (χ4v) is 2.30. The highest BCUT2D eigenvalue weighted by Crippen LogP contribution is 2.16. The molecule has 2 amide bonds. The van der Waals surface area contributed by atoms with E-state index in [4.69, 9.17) is 4.74 Å². The zero-order chi connectivity index (χ0) is 15.1. The molecule has 1 heterocycles. The maximum Gasteiger partial charge on any atom is 0.239 e. The van der Waals surface area contributed by atoms with Crippen LogP contribution in [0, 0.1) is 6.92 Å². The van der Waals surface area contributed by atoms with Gasteiger partial charge in [0, 0.05) is 19.5 Å². The van der Waals surface area contributed by atoms with Crippen molar-refractivity contribution in [1.82, 2.24) is 10.2 Å². The molecule has 114 valence electrons.